The zero-order valence-electron chi connectivity index (χ0n) is 8.77. The van der Waals surface area contributed by atoms with Gasteiger partial charge in [-0.05, 0) is 24.3 Å². The van der Waals surface area contributed by atoms with Gasteiger partial charge in [0, 0.05) is 16.2 Å². The van der Waals surface area contributed by atoms with E-state index in [1.54, 1.807) is 0 Å². The Labute approximate surface area is 112 Å². The van der Waals surface area contributed by atoms with Gasteiger partial charge in [0.1, 0.15) is 10.8 Å². The van der Waals surface area contributed by atoms with E-state index >= 15 is 0 Å². The standard InChI is InChI=1S/C13H8BrClN2/c14-10-6-4-9(5-7-10)11-8-17-12(15)2-1-3-13(17)16-11/h1-8H. The Morgan fingerprint density at radius 1 is 1.06 bits per heavy atom. The van der Waals surface area contributed by atoms with Gasteiger partial charge in [0.15, 0.2) is 0 Å². The third-order valence-corrected chi connectivity index (χ3v) is 3.42. The highest BCUT2D eigenvalue weighted by Gasteiger charge is 2.05. The van der Waals surface area contributed by atoms with Gasteiger partial charge in [0.05, 0.1) is 5.69 Å². The van der Waals surface area contributed by atoms with Crippen LogP contribution in [0.25, 0.3) is 16.9 Å². The molecule has 0 atom stereocenters. The van der Waals surface area contributed by atoms with Crippen LogP contribution in [0.15, 0.2) is 53.1 Å². The summed E-state index contributed by atoms with van der Waals surface area (Å²) >= 11 is 9.52. The number of rotatable bonds is 1. The molecule has 0 radical (unpaired) electrons. The van der Waals surface area contributed by atoms with Crippen molar-refractivity contribution >= 4 is 33.2 Å². The fraction of sp³-hybridized carbons (Fsp3) is 0. The molecular weight excluding hydrogens is 300 g/mol. The number of nitrogens with zero attached hydrogens (tertiary/aromatic N) is 2. The number of aromatic nitrogens is 2. The number of halogens is 2. The fourth-order valence-electron chi connectivity index (χ4n) is 1.74. The van der Waals surface area contributed by atoms with Gasteiger partial charge in [-0.3, -0.25) is 4.40 Å². The van der Waals surface area contributed by atoms with Crippen LogP contribution in [0, 0.1) is 0 Å². The first-order valence-corrected chi connectivity index (χ1v) is 6.31. The first-order chi connectivity index (χ1) is 8.24. The molecule has 0 aliphatic heterocycles. The zero-order valence-corrected chi connectivity index (χ0v) is 11.1. The molecule has 0 aliphatic carbocycles. The predicted octanol–water partition coefficient (Wildman–Crippen LogP) is 4.42. The van der Waals surface area contributed by atoms with Gasteiger partial charge in [-0.25, -0.2) is 4.98 Å². The molecule has 0 saturated heterocycles. The van der Waals surface area contributed by atoms with E-state index in [4.69, 9.17) is 11.6 Å². The highest BCUT2D eigenvalue weighted by Crippen LogP contribution is 2.23. The number of pyridine rings is 1. The molecule has 0 aliphatic rings. The maximum absolute atomic E-state index is 6.10. The minimum absolute atomic E-state index is 0.665. The van der Waals surface area contributed by atoms with Crippen molar-refractivity contribution in [2.45, 2.75) is 0 Å². The van der Waals surface area contributed by atoms with Crippen molar-refractivity contribution in [3.63, 3.8) is 0 Å². The largest absolute Gasteiger partial charge is 0.290 e. The normalized spacial score (nSPS) is 10.9. The zero-order chi connectivity index (χ0) is 11.8. The minimum atomic E-state index is 0.665. The van der Waals surface area contributed by atoms with Crippen molar-refractivity contribution in [1.82, 2.24) is 9.38 Å². The molecule has 0 amide bonds. The van der Waals surface area contributed by atoms with Crippen molar-refractivity contribution in [1.29, 1.82) is 0 Å². The maximum atomic E-state index is 6.10. The summed E-state index contributed by atoms with van der Waals surface area (Å²) in [6.07, 6.45) is 1.95. The van der Waals surface area contributed by atoms with Gasteiger partial charge in [0.2, 0.25) is 0 Å². The number of hydrogen-bond acceptors (Lipinski definition) is 1. The lowest BCUT2D eigenvalue weighted by molar-refractivity contribution is 1.19. The summed E-state index contributed by atoms with van der Waals surface area (Å²) in [5.74, 6) is 0. The fourth-order valence-corrected chi connectivity index (χ4v) is 2.21. The van der Waals surface area contributed by atoms with Crippen molar-refractivity contribution in [2.75, 3.05) is 0 Å². The maximum Gasteiger partial charge on any atom is 0.138 e. The average molecular weight is 308 g/mol. The molecular formula is C13H8BrClN2. The van der Waals surface area contributed by atoms with E-state index in [0.717, 1.165) is 21.4 Å². The summed E-state index contributed by atoms with van der Waals surface area (Å²) in [5.41, 5.74) is 2.86. The number of imidazole rings is 1. The first kappa shape index (κ1) is 10.8. The molecule has 4 heteroatoms. The highest BCUT2D eigenvalue weighted by atomic mass is 79.9. The van der Waals surface area contributed by atoms with Gasteiger partial charge >= 0.3 is 0 Å². The van der Waals surface area contributed by atoms with Gasteiger partial charge in [0.25, 0.3) is 0 Å². The Hall–Kier alpha value is -1.32. The Morgan fingerprint density at radius 3 is 2.53 bits per heavy atom. The van der Waals surface area contributed by atoms with E-state index in [1.165, 1.54) is 0 Å². The van der Waals surface area contributed by atoms with Crippen molar-refractivity contribution in [2.24, 2.45) is 0 Å². The lowest BCUT2D eigenvalue weighted by Crippen LogP contribution is -1.82. The predicted molar refractivity (Wildman–Crippen MR) is 73.3 cm³/mol. The van der Waals surface area contributed by atoms with Crippen LogP contribution in [0.5, 0.6) is 0 Å². The molecule has 3 rings (SSSR count). The lowest BCUT2D eigenvalue weighted by atomic mass is 10.2. The SMILES string of the molecule is Clc1cccc2nc(-c3ccc(Br)cc3)cn12. The van der Waals surface area contributed by atoms with Gasteiger partial charge in [-0.15, -0.1) is 0 Å². The quantitative estimate of drug-likeness (QED) is 0.608. The third kappa shape index (κ3) is 1.96. The monoisotopic (exact) mass is 306 g/mol. The highest BCUT2D eigenvalue weighted by molar-refractivity contribution is 9.10. The lowest BCUT2D eigenvalue weighted by Gasteiger charge is -1.95. The summed E-state index contributed by atoms with van der Waals surface area (Å²) in [4.78, 5) is 4.54. The minimum Gasteiger partial charge on any atom is -0.290 e. The van der Waals surface area contributed by atoms with Gasteiger partial charge in [-0.2, -0.15) is 0 Å². The molecule has 0 unspecified atom stereocenters. The van der Waals surface area contributed by atoms with Crippen LogP contribution in [0.4, 0.5) is 0 Å². The molecule has 0 bridgehead atoms. The van der Waals surface area contributed by atoms with E-state index in [2.05, 4.69) is 20.9 Å². The molecule has 2 nitrogen and oxygen atoms in total. The summed E-state index contributed by atoms with van der Waals surface area (Å²) in [6.45, 7) is 0. The molecule has 2 aromatic heterocycles. The number of benzene rings is 1. The second kappa shape index (κ2) is 4.17. The summed E-state index contributed by atoms with van der Waals surface area (Å²) in [5, 5.41) is 0.665. The van der Waals surface area contributed by atoms with Gasteiger partial charge in [-0.1, -0.05) is 45.7 Å². The van der Waals surface area contributed by atoms with Gasteiger partial charge < -0.3 is 0 Å². The number of hydrogen-bond donors (Lipinski definition) is 0. The first-order valence-electron chi connectivity index (χ1n) is 5.13. The van der Waals surface area contributed by atoms with E-state index in [9.17, 15) is 0 Å². The van der Waals surface area contributed by atoms with Crippen LogP contribution in [-0.4, -0.2) is 9.38 Å². The Balaban J connectivity index is 2.18. The van der Waals surface area contributed by atoms with Crippen LogP contribution in [0.1, 0.15) is 0 Å². The van der Waals surface area contributed by atoms with Crippen LogP contribution < -0.4 is 0 Å². The Morgan fingerprint density at radius 2 is 1.82 bits per heavy atom. The van der Waals surface area contributed by atoms with E-state index in [1.807, 2.05) is 53.1 Å². The van der Waals surface area contributed by atoms with Crippen LogP contribution in [0.2, 0.25) is 5.15 Å². The number of fused-ring (bicyclic) bond motifs is 1. The molecule has 2 heterocycles. The van der Waals surface area contributed by atoms with Crippen LogP contribution in [0.3, 0.4) is 0 Å². The molecule has 3 aromatic rings. The van der Waals surface area contributed by atoms with Crippen LogP contribution in [-0.2, 0) is 0 Å². The molecule has 1 aromatic carbocycles. The van der Waals surface area contributed by atoms with E-state index in [-0.39, 0.29) is 0 Å². The van der Waals surface area contributed by atoms with E-state index in [0.29, 0.717) is 5.15 Å². The smallest absolute Gasteiger partial charge is 0.138 e. The third-order valence-electron chi connectivity index (χ3n) is 2.58. The summed E-state index contributed by atoms with van der Waals surface area (Å²) in [6, 6.07) is 13.7. The van der Waals surface area contributed by atoms with Crippen LogP contribution >= 0.6 is 27.5 Å². The molecule has 0 spiro atoms. The van der Waals surface area contributed by atoms with E-state index < -0.39 is 0 Å². The topological polar surface area (TPSA) is 17.3 Å². The Kier molecular flexibility index (Phi) is 2.65. The Bertz CT molecular complexity index is 673. The molecule has 0 saturated carbocycles. The second-order valence-electron chi connectivity index (χ2n) is 3.71. The summed E-state index contributed by atoms with van der Waals surface area (Å²) in [7, 11) is 0. The van der Waals surface area contributed by atoms with Crippen molar-refractivity contribution in [3.8, 4) is 11.3 Å². The van der Waals surface area contributed by atoms with Crippen molar-refractivity contribution in [3.05, 3.63) is 58.3 Å². The second-order valence-corrected chi connectivity index (χ2v) is 5.01. The molecule has 17 heavy (non-hydrogen) atoms. The average Bonchev–Trinajstić information content (AvgIpc) is 2.75. The molecule has 0 fully saturated rings. The molecule has 84 valence electrons. The molecule has 0 N–H and O–H groups in total. The van der Waals surface area contributed by atoms with Crippen molar-refractivity contribution < 1.29 is 0 Å². The summed E-state index contributed by atoms with van der Waals surface area (Å²) < 4.78 is 2.93.